The van der Waals surface area contributed by atoms with E-state index in [1.807, 2.05) is 18.2 Å². The second kappa shape index (κ2) is 6.95. The lowest BCUT2D eigenvalue weighted by atomic mass is 10.00. The van der Waals surface area contributed by atoms with Gasteiger partial charge < -0.3 is 15.0 Å². The summed E-state index contributed by atoms with van der Waals surface area (Å²) in [5.74, 6) is 0.619. The predicted molar refractivity (Wildman–Crippen MR) is 107 cm³/mol. The Morgan fingerprint density at radius 3 is 2.85 bits per heavy atom. The number of nitrogens with one attached hydrogen (secondary N) is 1. The summed E-state index contributed by atoms with van der Waals surface area (Å²) in [4.78, 5) is 19.2. The molecular weight excluding hydrogens is 393 g/mol. The summed E-state index contributed by atoms with van der Waals surface area (Å²) in [5.41, 5.74) is 1.44. The Kier molecular flexibility index (Phi) is 4.65. The van der Waals surface area contributed by atoms with Gasteiger partial charge in [-0.25, -0.2) is 4.98 Å². The second-order valence-corrected chi connectivity index (χ2v) is 7.90. The molecule has 0 spiro atoms. The minimum atomic E-state index is -0.105. The fraction of sp³-hybridized carbons (Fsp3) is 0.222. The van der Waals surface area contributed by atoms with Crippen molar-refractivity contribution in [2.24, 2.45) is 5.92 Å². The van der Waals surface area contributed by atoms with Crippen LogP contribution in [0.1, 0.15) is 0 Å². The molecule has 134 valence electrons. The molecule has 1 amide bonds. The summed E-state index contributed by atoms with van der Waals surface area (Å²) in [6.07, 6.45) is 0. The number of aromatic nitrogens is 1. The fourth-order valence-corrected chi connectivity index (χ4v) is 4.09. The molecule has 1 aliphatic heterocycles. The average molecular weight is 408 g/mol. The first-order valence-corrected chi connectivity index (χ1v) is 9.56. The van der Waals surface area contributed by atoms with Crippen LogP contribution in [0.2, 0.25) is 10.0 Å². The smallest absolute Gasteiger partial charge is 0.231 e. The first kappa shape index (κ1) is 17.4. The van der Waals surface area contributed by atoms with Gasteiger partial charge in [0.05, 0.1) is 34.0 Å². The third kappa shape index (κ3) is 3.32. The number of hydrogen-bond acceptors (Lipinski definition) is 5. The number of anilines is 2. The fourth-order valence-electron chi connectivity index (χ4n) is 2.79. The molecule has 1 aliphatic rings. The molecule has 0 aliphatic carbocycles. The maximum atomic E-state index is 12.4. The van der Waals surface area contributed by atoms with Gasteiger partial charge in [0.2, 0.25) is 5.91 Å². The molecule has 0 radical (unpaired) electrons. The van der Waals surface area contributed by atoms with Crippen LogP contribution in [0.5, 0.6) is 5.75 Å². The number of ether oxygens (including phenoxy) is 1. The van der Waals surface area contributed by atoms with E-state index in [1.54, 1.807) is 36.6 Å². The lowest BCUT2D eigenvalue weighted by Crippen LogP contribution is -2.52. The van der Waals surface area contributed by atoms with Gasteiger partial charge in [-0.2, -0.15) is 0 Å². The van der Waals surface area contributed by atoms with Crippen LogP contribution in [0.25, 0.3) is 10.2 Å². The Labute approximate surface area is 164 Å². The number of methoxy groups -OCH3 is 1. The molecule has 2 aromatic carbocycles. The SMILES string of the molecule is COc1ccc2sc(N3CC(C(=O)Nc4cc(Cl)ccc4Cl)C3)nc2c1. The number of nitrogens with zero attached hydrogens (tertiary/aromatic N) is 2. The summed E-state index contributed by atoms with van der Waals surface area (Å²) in [6, 6.07) is 10.8. The van der Waals surface area contributed by atoms with Crippen molar-refractivity contribution in [2.45, 2.75) is 0 Å². The Morgan fingerprint density at radius 1 is 1.27 bits per heavy atom. The van der Waals surface area contributed by atoms with E-state index in [0.29, 0.717) is 28.8 Å². The van der Waals surface area contributed by atoms with Crippen LogP contribution in [0.3, 0.4) is 0 Å². The Morgan fingerprint density at radius 2 is 2.08 bits per heavy atom. The van der Waals surface area contributed by atoms with E-state index in [2.05, 4.69) is 15.2 Å². The van der Waals surface area contributed by atoms with E-state index in [0.717, 1.165) is 21.1 Å². The highest BCUT2D eigenvalue weighted by Gasteiger charge is 2.34. The number of benzene rings is 2. The summed E-state index contributed by atoms with van der Waals surface area (Å²) in [6.45, 7) is 1.25. The number of thiazole rings is 1. The van der Waals surface area contributed by atoms with Gasteiger partial charge in [-0.1, -0.05) is 34.5 Å². The summed E-state index contributed by atoms with van der Waals surface area (Å²) in [7, 11) is 1.64. The van der Waals surface area contributed by atoms with Crippen molar-refractivity contribution in [1.29, 1.82) is 0 Å². The third-order valence-corrected chi connectivity index (χ3v) is 5.95. The second-order valence-electron chi connectivity index (χ2n) is 6.05. The first-order chi connectivity index (χ1) is 12.5. The van der Waals surface area contributed by atoms with Gasteiger partial charge >= 0.3 is 0 Å². The van der Waals surface area contributed by atoms with E-state index < -0.39 is 0 Å². The maximum absolute atomic E-state index is 12.4. The molecular formula is C18H15Cl2N3O2S. The van der Waals surface area contributed by atoms with Crippen molar-refractivity contribution in [2.75, 3.05) is 30.4 Å². The lowest BCUT2D eigenvalue weighted by Gasteiger charge is -2.38. The molecule has 1 N–H and O–H groups in total. The van der Waals surface area contributed by atoms with E-state index in [-0.39, 0.29) is 11.8 Å². The van der Waals surface area contributed by atoms with Crippen LogP contribution >= 0.6 is 34.5 Å². The maximum Gasteiger partial charge on any atom is 0.231 e. The van der Waals surface area contributed by atoms with Crippen LogP contribution in [0.4, 0.5) is 10.8 Å². The van der Waals surface area contributed by atoms with Crippen LogP contribution in [0.15, 0.2) is 36.4 Å². The molecule has 3 aromatic rings. The standard InChI is InChI=1S/C18H15Cl2N3O2S/c1-25-12-3-5-16-15(7-12)22-18(26-16)23-8-10(9-23)17(24)21-14-6-11(19)2-4-13(14)20/h2-7,10H,8-9H2,1H3,(H,21,24). The van der Waals surface area contributed by atoms with E-state index in [9.17, 15) is 4.79 Å². The van der Waals surface area contributed by atoms with Crippen molar-refractivity contribution in [1.82, 2.24) is 4.98 Å². The third-order valence-electron chi connectivity index (χ3n) is 4.29. The highest BCUT2D eigenvalue weighted by Crippen LogP contribution is 2.35. The number of fused-ring (bicyclic) bond motifs is 1. The number of amides is 1. The Hall–Kier alpha value is -2.02. The molecule has 0 unspecified atom stereocenters. The normalized spacial score (nSPS) is 14.3. The molecule has 1 fully saturated rings. The van der Waals surface area contributed by atoms with Crippen molar-refractivity contribution in [3.05, 3.63) is 46.4 Å². The van der Waals surface area contributed by atoms with Gasteiger partial charge in [0.1, 0.15) is 5.75 Å². The topological polar surface area (TPSA) is 54.5 Å². The zero-order chi connectivity index (χ0) is 18.3. The zero-order valence-electron chi connectivity index (χ0n) is 13.8. The van der Waals surface area contributed by atoms with Crippen molar-refractivity contribution >= 4 is 61.5 Å². The predicted octanol–water partition coefficient (Wildman–Crippen LogP) is 4.69. The minimum Gasteiger partial charge on any atom is -0.497 e. The minimum absolute atomic E-state index is 0.0619. The Bertz CT molecular complexity index is 986. The largest absolute Gasteiger partial charge is 0.497 e. The molecule has 8 heteroatoms. The van der Waals surface area contributed by atoms with Crippen molar-refractivity contribution in [3.8, 4) is 5.75 Å². The van der Waals surface area contributed by atoms with E-state index in [1.165, 1.54) is 0 Å². The van der Waals surface area contributed by atoms with Gasteiger partial charge in [0.25, 0.3) is 0 Å². The molecule has 26 heavy (non-hydrogen) atoms. The highest BCUT2D eigenvalue weighted by atomic mass is 35.5. The number of carbonyl (C=O) groups excluding carboxylic acids is 1. The molecule has 2 heterocycles. The first-order valence-electron chi connectivity index (χ1n) is 7.99. The average Bonchev–Trinajstić information content (AvgIpc) is 2.99. The molecule has 5 nitrogen and oxygen atoms in total. The van der Waals surface area contributed by atoms with Crippen molar-refractivity contribution < 1.29 is 9.53 Å². The molecule has 1 saturated heterocycles. The van der Waals surface area contributed by atoms with Crippen LogP contribution in [-0.4, -0.2) is 31.1 Å². The quantitative estimate of drug-likeness (QED) is 0.681. The summed E-state index contributed by atoms with van der Waals surface area (Å²) < 4.78 is 6.33. The Balaban J connectivity index is 1.41. The zero-order valence-corrected chi connectivity index (χ0v) is 16.2. The molecule has 0 saturated carbocycles. The van der Waals surface area contributed by atoms with Crippen LogP contribution in [0, 0.1) is 5.92 Å². The molecule has 4 rings (SSSR count). The van der Waals surface area contributed by atoms with Gasteiger partial charge in [-0.3, -0.25) is 4.79 Å². The van der Waals surface area contributed by atoms with E-state index in [4.69, 9.17) is 27.9 Å². The summed E-state index contributed by atoms with van der Waals surface area (Å²) in [5, 5.41) is 4.77. The molecule has 0 bridgehead atoms. The number of halogens is 2. The molecule has 1 aromatic heterocycles. The molecule has 0 atom stereocenters. The van der Waals surface area contributed by atoms with Gasteiger partial charge in [-0.15, -0.1) is 0 Å². The van der Waals surface area contributed by atoms with E-state index >= 15 is 0 Å². The number of hydrogen-bond donors (Lipinski definition) is 1. The highest BCUT2D eigenvalue weighted by molar-refractivity contribution is 7.22. The number of carbonyl (C=O) groups is 1. The summed E-state index contributed by atoms with van der Waals surface area (Å²) >= 11 is 13.7. The number of rotatable bonds is 4. The van der Waals surface area contributed by atoms with Crippen LogP contribution in [-0.2, 0) is 4.79 Å². The lowest BCUT2D eigenvalue weighted by molar-refractivity contribution is -0.120. The van der Waals surface area contributed by atoms with Crippen LogP contribution < -0.4 is 15.0 Å². The van der Waals surface area contributed by atoms with Gasteiger partial charge in [0, 0.05) is 24.2 Å². The monoisotopic (exact) mass is 407 g/mol. The van der Waals surface area contributed by atoms with Gasteiger partial charge in [0.15, 0.2) is 5.13 Å². The van der Waals surface area contributed by atoms with Crippen molar-refractivity contribution in [3.63, 3.8) is 0 Å². The van der Waals surface area contributed by atoms with Gasteiger partial charge in [-0.05, 0) is 30.3 Å².